The molecule has 1 rings (SSSR count). The number of nitrogens with zero attached hydrogens (tertiary/aromatic N) is 1. The zero-order valence-electron chi connectivity index (χ0n) is 8.71. The summed E-state index contributed by atoms with van der Waals surface area (Å²) in [6.07, 6.45) is 5.68. The summed E-state index contributed by atoms with van der Waals surface area (Å²) in [5, 5.41) is 3.95. The van der Waals surface area contributed by atoms with E-state index in [9.17, 15) is 4.79 Å². The number of hydrogen-bond donors (Lipinski definition) is 2. The molecule has 1 aliphatic carbocycles. The van der Waals surface area contributed by atoms with Gasteiger partial charge in [-0.1, -0.05) is 11.6 Å². The van der Waals surface area contributed by atoms with Crippen LogP contribution in [0.1, 0.15) is 33.1 Å². The van der Waals surface area contributed by atoms with Crippen LogP contribution in [-0.4, -0.2) is 11.7 Å². The van der Waals surface area contributed by atoms with Crippen molar-refractivity contribution in [1.29, 1.82) is 0 Å². The van der Waals surface area contributed by atoms with Crippen molar-refractivity contribution in [3.8, 4) is 0 Å². The number of hydrogen-bond acceptors (Lipinski definition) is 2. The van der Waals surface area contributed by atoms with E-state index < -0.39 is 6.03 Å². The molecular formula is C10H17N3O. The van der Waals surface area contributed by atoms with E-state index in [1.807, 2.05) is 6.92 Å². The summed E-state index contributed by atoms with van der Waals surface area (Å²) in [5.74, 6) is 0.371. The minimum atomic E-state index is -0.609. The molecular weight excluding hydrogens is 178 g/mol. The first-order chi connectivity index (χ1) is 6.61. The average Bonchev–Trinajstić information content (AvgIpc) is 2.15. The summed E-state index contributed by atoms with van der Waals surface area (Å²) in [4.78, 5) is 10.5. The van der Waals surface area contributed by atoms with Crippen LogP contribution in [0.25, 0.3) is 0 Å². The van der Waals surface area contributed by atoms with E-state index >= 15 is 0 Å². The Morgan fingerprint density at radius 2 is 2.43 bits per heavy atom. The first kappa shape index (κ1) is 10.8. The molecule has 14 heavy (non-hydrogen) atoms. The van der Waals surface area contributed by atoms with Gasteiger partial charge in [-0.2, -0.15) is 5.10 Å². The van der Waals surface area contributed by atoms with Crippen LogP contribution in [0.5, 0.6) is 0 Å². The maximum atomic E-state index is 10.5. The first-order valence-corrected chi connectivity index (χ1v) is 4.87. The lowest BCUT2D eigenvalue weighted by molar-refractivity contribution is 0.249. The van der Waals surface area contributed by atoms with Gasteiger partial charge in [-0.25, -0.2) is 10.2 Å². The molecule has 0 spiro atoms. The molecule has 0 heterocycles. The molecule has 0 radical (unpaired) electrons. The minimum absolute atomic E-state index is 0.371. The Labute approximate surface area is 84.2 Å². The summed E-state index contributed by atoms with van der Waals surface area (Å²) in [7, 11) is 0. The van der Waals surface area contributed by atoms with Gasteiger partial charge in [-0.05, 0) is 33.1 Å². The van der Waals surface area contributed by atoms with E-state index in [1.54, 1.807) is 0 Å². The Balaban J connectivity index is 2.63. The van der Waals surface area contributed by atoms with Crippen molar-refractivity contribution in [3.05, 3.63) is 11.6 Å². The summed E-state index contributed by atoms with van der Waals surface area (Å²) >= 11 is 0. The van der Waals surface area contributed by atoms with Crippen LogP contribution in [0, 0.1) is 5.92 Å². The van der Waals surface area contributed by atoms with Crippen LogP contribution in [0.3, 0.4) is 0 Å². The number of primary amides is 1. The molecule has 1 atom stereocenters. The van der Waals surface area contributed by atoms with Crippen molar-refractivity contribution in [2.45, 2.75) is 33.1 Å². The lowest BCUT2D eigenvalue weighted by Gasteiger charge is -2.21. The number of rotatable bonds is 2. The zero-order valence-corrected chi connectivity index (χ0v) is 8.71. The molecule has 4 nitrogen and oxygen atoms in total. The highest BCUT2D eigenvalue weighted by Crippen LogP contribution is 2.25. The Hall–Kier alpha value is -1.32. The molecule has 0 fully saturated rings. The van der Waals surface area contributed by atoms with E-state index in [0.717, 1.165) is 18.6 Å². The van der Waals surface area contributed by atoms with E-state index in [4.69, 9.17) is 5.73 Å². The molecule has 1 aliphatic rings. The van der Waals surface area contributed by atoms with Gasteiger partial charge < -0.3 is 5.73 Å². The van der Waals surface area contributed by atoms with Gasteiger partial charge in [-0.3, -0.25) is 0 Å². The summed E-state index contributed by atoms with van der Waals surface area (Å²) < 4.78 is 0. The van der Waals surface area contributed by atoms with Gasteiger partial charge in [0, 0.05) is 11.6 Å². The van der Waals surface area contributed by atoms with Gasteiger partial charge in [0.25, 0.3) is 0 Å². The molecule has 0 aromatic rings. The standard InChI is InChI=1S/C10H17N3O/c1-7-5-3-4-6-9(7)8(2)12-13-10(11)14/h5,9H,3-4,6H2,1-2H3,(H3,11,13,14)/b12-8-/t9-/m0/s1. The Morgan fingerprint density at radius 1 is 1.71 bits per heavy atom. The highest BCUT2D eigenvalue weighted by Gasteiger charge is 2.17. The molecule has 0 saturated carbocycles. The van der Waals surface area contributed by atoms with Crippen LogP contribution >= 0.6 is 0 Å². The lowest BCUT2D eigenvalue weighted by atomic mass is 9.86. The second-order valence-corrected chi connectivity index (χ2v) is 3.66. The molecule has 0 bridgehead atoms. The van der Waals surface area contributed by atoms with Crippen molar-refractivity contribution in [3.63, 3.8) is 0 Å². The van der Waals surface area contributed by atoms with E-state index in [2.05, 4.69) is 23.5 Å². The van der Waals surface area contributed by atoms with E-state index in [1.165, 1.54) is 12.0 Å². The van der Waals surface area contributed by atoms with Crippen LogP contribution in [0.15, 0.2) is 16.8 Å². The predicted octanol–water partition coefficient (Wildman–Crippen LogP) is 1.78. The maximum Gasteiger partial charge on any atom is 0.332 e. The monoisotopic (exact) mass is 195 g/mol. The Bertz CT molecular complexity index is 281. The summed E-state index contributed by atoms with van der Waals surface area (Å²) in [6, 6.07) is -0.609. The molecule has 0 unspecified atom stereocenters. The molecule has 78 valence electrons. The molecule has 0 aromatic carbocycles. The molecule has 0 aliphatic heterocycles. The van der Waals surface area contributed by atoms with Gasteiger partial charge in [0.2, 0.25) is 0 Å². The summed E-state index contributed by atoms with van der Waals surface area (Å²) in [6.45, 7) is 4.02. The van der Waals surface area contributed by atoms with Gasteiger partial charge >= 0.3 is 6.03 Å². The van der Waals surface area contributed by atoms with Crippen molar-refractivity contribution in [2.24, 2.45) is 16.8 Å². The minimum Gasteiger partial charge on any atom is -0.350 e. The molecule has 0 saturated heterocycles. The van der Waals surface area contributed by atoms with Gasteiger partial charge in [-0.15, -0.1) is 0 Å². The van der Waals surface area contributed by atoms with Gasteiger partial charge in [0.05, 0.1) is 0 Å². The smallest absolute Gasteiger partial charge is 0.332 e. The van der Waals surface area contributed by atoms with Crippen LogP contribution in [-0.2, 0) is 0 Å². The van der Waals surface area contributed by atoms with Crippen molar-refractivity contribution < 1.29 is 4.79 Å². The highest BCUT2D eigenvalue weighted by atomic mass is 16.2. The lowest BCUT2D eigenvalue weighted by Crippen LogP contribution is -2.27. The average molecular weight is 195 g/mol. The third kappa shape index (κ3) is 2.87. The number of amides is 2. The molecule has 4 heteroatoms. The fraction of sp³-hybridized carbons (Fsp3) is 0.600. The largest absolute Gasteiger partial charge is 0.350 e. The topological polar surface area (TPSA) is 67.5 Å². The van der Waals surface area contributed by atoms with Gasteiger partial charge in [0.15, 0.2) is 0 Å². The Morgan fingerprint density at radius 3 is 3.00 bits per heavy atom. The number of allylic oxidation sites excluding steroid dienone is 2. The fourth-order valence-electron chi connectivity index (χ4n) is 1.78. The van der Waals surface area contributed by atoms with E-state index in [-0.39, 0.29) is 0 Å². The number of carbonyl (C=O) groups excluding carboxylic acids is 1. The number of nitrogens with two attached hydrogens (primary N) is 1. The molecule has 2 amide bonds. The van der Waals surface area contributed by atoms with Crippen LogP contribution < -0.4 is 11.2 Å². The van der Waals surface area contributed by atoms with Crippen molar-refractivity contribution in [2.75, 3.05) is 0 Å². The van der Waals surface area contributed by atoms with Crippen molar-refractivity contribution in [1.82, 2.24) is 5.43 Å². The normalized spacial score (nSPS) is 22.9. The quantitative estimate of drug-likeness (QED) is 0.393. The third-order valence-electron chi connectivity index (χ3n) is 2.56. The third-order valence-corrected chi connectivity index (χ3v) is 2.56. The number of urea groups is 1. The number of hydrazone groups is 1. The second kappa shape index (κ2) is 4.79. The van der Waals surface area contributed by atoms with Crippen LogP contribution in [0.4, 0.5) is 4.79 Å². The SMILES string of the molecule is CC1=CCCC[C@@H]1/C(C)=N\NC(N)=O. The maximum absolute atomic E-state index is 10.5. The van der Waals surface area contributed by atoms with Crippen LogP contribution in [0.2, 0.25) is 0 Å². The number of nitrogens with one attached hydrogen (secondary N) is 1. The summed E-state index contributed by atoms with van der Waals surface area (Å²) in [5.41, 5.74) is 9.46. The second-order valence-electron chi connectivity index (χ2n) is 3.66. The first-order valence-electron chi connectivity index (χ1n) is 4.87. The van der Waals surface area contributed by atoms with Gasteiger partial charge in [0.1, 0.15) is 0 Å². The molecule has 3 N–H and O–H groups in total. The number of carbonyl (C=O) groups is 1. The predicted molar refractivity (Wildman–Crippen MR) is 56.9 cm³/mol. The van der Waals surface area contributed by atoms with Crippen molar-refractivity contribution >= 4 is 11.7 Å². The zero-order chi connectivity index (χ0) is 10.6. The Kier molecular flexibility index (Phi) is 3.68. The fourth-order valence-corrected chi connectivity index (χ4v) is 1.78. The molecule has 0 aromatic heterocycles. The van der Waals surface area contributed by atoms with E-state index in [0.29, 0.717) is 5.92 Å². The highest BCUT2D eigenvalue weighted by molar-refractivity contribution is 5.88.